The molecule has 192 valence electrons. The van der Waals surface area contributed by atoms with Crippen molar-refractivity contribution < 1.29 is 29.0 Å². The lowest BCUT2D eigenvalue weighted by Crippen LogP contribution is -2.29. The Bertz CT molecular complexity index is 1410. The molecule has 0 spiro atoms. The normalized spacial score (nSPS) is 16.8. The molecule has 1 aliphatic rings. The Labute approximate surface area is 223 Å². The van der Waals surface area contributed by atoms with E-state index in [2.05, 4.69) is 4.98 Å². The Hall–Kier alpha value is -3.69. The number of Topliss-reactive ketones (excluding diaryl/α,β-unsaturated/α-hetero) is 1. The molecule has 0 unspecified atom stereocenters. The summed E-state index contributed by atoms with van der Waals surface area (Å²) in [5.74, 6) is -1.99. The third-order valence-corrected chi connectivity index (χ3v) is 7.29. The fourth-order valence-corrected chi connectivity index (χ4v) is 5.22. The number of carbonyl (C=O) groups excluding carboxylic acids is 3. The number of benzene rings is 2. The average molecular weight is 541 g/mol. The number of thiazole rings is 1. The van der Waals surface area contributed by atoms with Crippen LogP contribution in [-0.2, 0) is 14.3 Å². The Morgan fingerprint density at radius 2 is 1.86 bits per heavy atom. The van der Waals surface area contributed by atoms with Crippen LogP contribution in [0.5, 0.6) is 5.75 Å². The predicted octanol–water partition coefficient (Wildman–Crippen LogP) is 5.62. The number of methoxy groups -OCH3 is 1. The molecule has 1 aromatic heterocycles. The van der Waals surface area contributed by atoms with E-state index in [9.17, 15) is 19.5 Å². The van der Waals surface area contributed by atoms with E-state index in [1.165, 1.54) is 12.0 Å². The van der Waals surface area contributed by atoms with E-state index in [-0.39, 0.29) is 21.3 Å². The van der Waals surface area contributed by atoms with Gasteiger partial charge in [0.05, 0.1) is 31.0 Å². The maximum Gasteiger partial charge on any atom is 0.350 e. The van der Waals surface area contributed by atoms with Gasteiger partial charge in [-0.2, -0.15) is 0 Å². The number of nitrogens with zero attached hydrogens (tertiary/aromatic N) is 2. The van der Waals surface area contributed by atoms with Crippen LogP contribution >= 0.6 is 22.9 Å². The van der Waals surface area contributed by atoms with Crippen LogP contribution in [0, 0.1) is 13.8 Å². The van der Waals surface area contributed by atoms with Crippen molar-refractivity contribution in [2.24, 2.45) is 0 Å². The Kier molecular flexibility index (Phi) is 7.65. The van der Waals surface area contributed by atoms with Crippen LogP contribution in [-0.4, -0.2) is 41.5 Å². The highest BCUT2D eigenvalue weighted by atomic mass is 35.5. The molecule has 2 heterocycles. The highest BCUT2D eigenvalue weighted by Gasteiger charge is 2.48. The van der Waals surface area contributed by atoms with Crippen LogP contribution in [0.3, 0.4) is 0 Å². The second-order valence-electron chi connectivity index (χ2n) is 8.45. The summed E-state index contributed by atoms with van der Waals surface area (Å²) in [5.41, 5.74) is 1.94. The van der Waals surface area contributed by atoms with Gasteiger partial charge in [0.25, 0.3) is 5.78 Å². The monoisotopic (exact) mass is 540 g/mol. The lowest BCUT2D eigenvalue weighted by Gasteiger charge is -2.23. The number of halogens is 1. The second-order valence-corrected chi connectivity index (χ2v) is 9.87. The number of aryl methyl sites for hydroxylation is 2. The first-order chi connectivity index (χ1) is 17.7. The Morgan fingerprint density at radius 3 is 2.49 bits per heavy atom. The predicted molar refractivity (Wildman–Crippen MR) is 141 cm³/mol. The molecule has 2 aromatic carbocycles. The zero-order valence-electron chi connectivity index (χ0n) is 20.7. The number of aromatic nitrogens is 1. The average Bonchev–Trinajstić information content (AvgIpc) is 3.39. The Balaban J connectivity index is 1.88. The number of hydrogen-bond donors (Lipinski definition) is 1. The molecule has 4 rings (SSSR count). The molecule has 1 atom stereocenters. The van der Waals surface area contributed by atoms with E-state index in [1.54, 1.807) is 49.4 Å². The van der Waals surface area contributed by atoms with Crippen molar-refractivity contribution in [3.63, 3.8) is 0 Å². The van der Waals surface area contributed by atoms with Crippen molar-refractivity contribution >= 4 is 51.5 Å². The molecule has 1 fully saturated rings. The number of ether oxygens (including phenoxy) is 2. The van der Waals surface area contributed by atoms with Crippen molar-refractivity contribution in [1.29, 1.82) is 0 Å². The first-order valence-corrected chi connectivity index (χ1v) is 12.7. The van der Waals surface area contributed by atoms with Gasteiger partial charge in [-0.25, -0.2) is 9.78 Å². The number of esters is 1. The number of ketones is 1. The quantitative estimate of drug-likeness (QED) is 0.179. The standard InChI is InChI=1S/C27H25ClN2O6S/c1-5-12-36-19-11-8-17(13-14(19)2)22(31)20-21(16-6-9-18(28)10-7-16)30(25(33)23(20)32)27-29-15(3)24(37-27)26(34)35-4/h6-11,13,21,31H,5,12H2,1-4H3/t21-/m0/s1. The minimum atomic E-state index is -0.996. The van der Waals surface area contributed by atoms with Crippen molar-refractivity contribution in [1.82, 2.24) is 4.98 Å². The van der Waals surface area contributed by atoms with Gasteiger partial charge in [-0.05, 0) is 61.7 Å². The molecule has 0 bridgehead atoms. The zero-order chi connectivity index (χ0) is 26.9. The highest BCUT2D eigenvalue weighted by molar-refractivity contribution is 7.17. The van der Waals surface area contributed by atoms with E-state index in [0.29, 0.717) is 34.2 Å². The number of amides is 1. The van der Waals surface area contributed by atoms with E-state index < -0.39 is 23.7 Å². The van der Waals surface area contributed by atoms with Crippen LogP contribution in [0.15, 0.2) is 48.0 Å². The number of carbonyl (C=O) groups is 3. The van der Waals surface area contributed by atoms with Crippen LogP contribution in [0.1, 0.15) is 51.4 Å². The minimum absolute atomic E-state index is 0.0959. The van der Waals surface area contributed by atoms with Gasteiger partial charge in [-0.1, -0.05) is 42.0 Å². The maximum absolute atomic E-state index is 13.4. The third kappa shape index (κ3) is 4.97. The molecule has 1 N–H and O–H groups in total. The maximum atomic E-state index is 13.4. The third-order valence-electron chi connectivity index (χ3n) is 5.90. The molecular formula is C27H25ClN2O6S. The van der Waals surface area contributed by atoms with Crippen molar-refractivity contribution in [2.75, 3.05) is 18.6 Å². The SMILES string of the molecule is CCCOc1ccc(C(O)=C2C(=O)C(=O)N(c3nc(C)c(C(=O)OC)s3)[C@H]2c2ccc(Cl)cc2)cc1C. The first-order valence-electron chi connectivity index (χ1n) is 11.5. The fraction of sp³-hybridized carbons (Fsp3) is 0.259. The van der Waals surface area contributed by atoms with Gasteiger partial charge in [0, 0.05) is 10.6 Å². The van der Waals surface area contributed by atoms with Crippen LogP contribution in [0.4, 0.5) is 5.13 Å². The van der Waals surface area contributed by atoms with Crippen LogP contribution in [0.2, 0.25) is 5.02 Å². The summed E-state index contributed by atoms with van der Waals surface area (Å²) >= 11 is 7.02. The van der Waals surface area contributed by atoms with Gasteiger partial charge < -0.3 is 14.6 Å². The Morgan fingerprint density at radius 1 is 1.16 bits per heavy atom. The molecule has 8 nitrogen and oxygen atoms in total. The van der Waals surface area contributed by atoms with E-state index in [4.69, 9.17) is 21.1 Å². The molecule has 10 heteroatoms. The van der Waals surface area contributed by atoms with Crippen LogP contribution < -0.4 is 9.64 Å². The van der Waals surface area contributed by atoms with Gasteiger partial charge in [-0.3, -0.25) is 14.5 Å². The van der Waals surface area contributed by atoms with Gasteiger partial charge in [0.15, 0.2) is 5.13 Å². The van der Waals surface area contributed by atoms with Gasteiger partial charge in [0.1, 0.15) is 16.4 Å². The van der Waals surface area contributed by atoms with Crippen molar-refractivity contribution in [3.05, 3.63) is 80.3 Å². The lowest BCUT2D eigenvalue weighted by molar-refractivity contribution is -0.132. The molecule has 1 amide bonds. The second kappa shape index (κ2) is 10.7. The topological polar surface area (TPSA) is 106 Å². The number of aliphatic hydroxyl groups is 1. The van der Waals surface area contributed by atoms with Crippen molar-refractivity contribution in [3.8, 4) is 5.75 Å². The fourth-order valence-electron chi connectivity index (χ4n) is 4.08. The lowest BCUT2D eigenvalue weighted by atomic mass is 9.95. The van der Waals surface area contributed by atoms with Crippen LogP contribution in [0.25, 0.3) is 5.76 Å². The van der Waals surface area contributed by atoms with E-state index in [0.717, 1.165) is 23.3 Å². The number of aliphatic hydroxyl groups excluding tert-OH is 1. The molecule has 1 saturated heterocycles. The minimum Gasteiger partial charge on any atom is -0.507 e. The summed E-state index contributed by atoms with van der Waals surface area (Å²) in [6.07, 6.45) is 0.847. The first kappa shape index (κ1) is 26.4. The van der Waals surface area contributed by atoms with Crippen molar-refractivity contribution in [2.45, 2.75) is 33.2 Å². The van der Waals surface area contributed by atoms with E-state index >= 15 is 0 Å². The molecular weight excluding hydrogens is 516 g/mol. The molecule has 0 radical (unpaired) electrons. The van der Waals surface area contributed by atoms with Gasteiger partial charge in [0.2, 0.25) is 0 Å². The smallest absolute Gasteiger partial charge is 0.350 e. The molecule has 0 aliphatic carbocycles. The summed E-state index contributed by atoms with van der Waals surface area (Å²) in [4.78, 5) is 44.7. The number of hydrogen-bond acceptors (Lipinski definition) is 8. The molecule has 3 aromatic rings. The van der Waals surface area contributed by atoms with E-state index in [1.807, 2.05) is 13.8 Å². The molecule has 0 saturated carbocycles. The summed E-state index contributed by atoms with van der Waals surface area (Å²) < 4.78 is 10.5. The highest BCUT2D eigenvalue weighted by Crippen LogP contribution is 2.44. The largest absolute Gasteiger partial charge is 0.507 e. The summed E-state index contributed by atoms with van der Waals surface area (Å²) in [6, 6.07) is 10.7. The summed E-state index contributed by atoms with van der Waals surface area (Å²) in [6.45, 7) is 6.01. The zero-order valence-corrected chi connectivity index (χ0v) is 22.3. The number of anilines is 1. The summed E-state index contributed by atoms with van der Waals surface area (Å²) in [7, 11) is 1.25. The number of rotatable bonds is 7. The molecule has 37 heavy (non-hydrogen) atoms. The van der Waals surface area contributed by atoms with Gasteiger partial charge in [-0.15, -0.1) is 0 Å². The summed E-state index contributed by atoms with van der Waals surface area (Å²) in [5, 5.41) is 12.0. The van der Waals surface area contributed by atoms with Gasteiger partial charge >= 0.3 is 11.9 Å². The molecule has 1 aliphatic heterocycles.